The van der Waals surface area contributed by atoms with Crippen LogP contribution in [0.1, 0.15) is 36.2 Å². The molecular weight excluding hydrogens is 404 g/mol. The molecule has 7 nitrogen and oxygen atoms in total. The number of nitrogens with zero attached hydrogens (tertiary/aromatic N) is 4. The molecule has 9 heteroatoms. The third-order valence-corrected chi connectivity index (χ3v) is 6.09. The highest BCUT2D eigenvalue weighted by Crippen LogP contribution is 2.47. The molecule has 1 aromatic carbocycles. The highest BCUT2D eigenvalue weighted by atomic mass is 19.3. The number of H-pyrrole nitrogens is 1. The Balaban J connectivity index is 1.86. The van der Waals surface area contributed by atoms with Gasteiger partial charge in [-0.2, -0.15) is 5.21 Å². The van der Waals surface area contributed by atoms with E-state index in [0.29, 0.717) is 53.5 Å². The lowest BCUT2D eigenvalue weighted by atomic mass is 9.80. The normalized spacial score (nSPS) is 22.4. The molecule has 1 aliphatic heterocycles. The topological polar surface area (TPSA) is 85.8 Å². The van der Waals surface area contributed by atoms with Gasteiger partial charge >= 0.3 is 0 Å². The monoisotopic (exact) mass is 427 g/mol. The molecule has 0 bridgehead atoms. The van der Waals surface area contributed by atoms with Gasteiger partial charge in [0.15, 0.2) is 0 Å². The first-order valence-corrected chi connectivity index (χ1v) is 10.4. The molecule has 5 rings (SSSR count). The minimum absolute atomic E-state index is 0.199. The molecule has 0 radical (unpaired) electrons. The average molecular weight is 427 g/mol. The number of benzene rings is 1. The summed E-state index contributed by atoms with van der Waals surface area (Å²) in [5, 5.41) is 14.6. The van der Waals surface area contributed by atoms with Crippen molar-refractivity contribution in [2.24, 2.45) is 0 Å². The zero-order chi connectivity index (χ0) is 21.5. The van der Waals surface area contributed by atoms with Gasteiger partial charge in [-0.15, -0.1) is 10.2 Å². The number of hydrogen-bond acceptors (Lipinski definition) is 6. The number of aromatic amines is 1. The summed E-state index contributed by atoms with van der Waals surface area (Å²) >= 11 is 0. The molecule has 31 heavy (non-hydrogen) atoms. The van der Waals surface area contributed by atoms with Crippen molar-refractivity contribution >= 4 is 0 Å². The van der Waals surface area contributed by atoms with E-state index in [-0.39, 0.29) is 19.3 Å². The smallest absolute Gasteiger partial charge is 0.252 e. The summed E-state index contributed by atoms with van der Waals surface area (Å²) in [5.74, 6) is -2.48. The Kier molecular flexibility index (Phi) is 5.02. The lowest BCUT2D eigenvalue weighted by Crippen LogP contribution is -2.35. The lowest BCUT2D eigenvalue weighted by molar-refractivity contribution is -0.0588. The van der Waals surface area contributed by atoms with Crippen molar-refractivity contribution in [3.63, 3.8) is 0 Å². The lowest BCUT2D eigenvalue weighted by Gasteiger charge is -2.33. The summed E-state index contributed by atoms with van der Waals surface area (Å²) in [6.07, 6.45) is 1.17. The number of aryl methyl sites for hydroxylation is 1. The number of fused-ring (bicyclic) bond motifs is 1. The van der Waals surface area contributed by atoms with Crippen LogP contribution in [0.25, 0.3) is 22.5 Å². The molecule has 3 aromatic rings. The zero-order valence-corrected chi connectivity index (χ0v) is 17.2. The summed E-state index contributed by atoms with van der Waals surface area (Å²) in [6, 6.07) is 9.50. The number of nitrogens with one attached hydrogen (secondary N) is 1. The minimum atomic E-state index is -2.79. The number of tetrazole rings is 1. The van der Waals surface area contributed by atoms with E-state index in [4.69, 9.17) is 14.5 Å². The molecule has 1 saturated heterocycles. The third kappa shape index (κ3) is 3.51. The van der Waals surface area contributed by atoms with Crippen LogP contribution in [0.2, 0.25) is 0 Å². The second-order valence-electron chi connectivity index (χ2n) is 8.15. The van der Waals surface area contributed by atoms with E-state index in [0.717, 1.165) is 12.0 Å². The summed E-state index contributed by atoms with van der Waals surface area (Å²) in [7, 11) is 1.62. The maximum atomic E-state index is 14.5. The molecule has 0 saturated carbocycles. The molecule has 0 spiro atoms. The van der Waals surface area contributed by atoms with Crippen LogP contribution in [0.15, 0.2) is 30.3 Å². The highest BCUT2D eigenvalue weighted by Gasteiger charge is 2.45. The summed E-state index contributed by atoms with van der Waals surface area (Å²) in [5.41, 5.74) is 3.13. The van der Waals surface area contributed by atoms with E-state index in [1.54, 1.807) is 7.11 Å². The van der Waals surface area contributed by atoms with Gasteiger partial charge in [0.2, 0.25) is 5.82 Å². The van der Waals surface area contributed by atoms with Gasteiger partial charge in [0.1, 0.15) is 5.60 Å². The number of hydrogen-bond donors (Lipinski definition) is 1. The summed E-state index contributed by atoms with van der Waals surface area (Å²) in [6.45, 7) is 0.876. The van der Waals surface area contributed by atoms with Crippen LogP contribution in [0, 0.1) is 0 Å². The first-order chi connectivity index (χ1) is 15.0. The van der Waals surface area contributed by atoms with Crippen LogP contribution < -0.4 is 0 Å². The third-order valence-electron chi connectivity index (χ3n) is 6.09. The van der Waals surface area contributed by atoms with Crippen LogP contribution in [0.4, 0.5) is 8.78 Å². The van der Waals surface area contributed by atoms with Gasteiger partial charge in [-0.05, 0) is 35.6 Å². The molecule has 2 aromatic heterocycles. The fourth-order valence-electron chi connectivity index (χ4n) is 4.76. The van der Waals surface area contributed by atoms with Gasteiger partial charge in [-0.3, -0.25) is 4.98 Å². The quantitative estimate of drug-likeness (QED) is 0.668. The van der Waals surface area contributed by atoms with Gasteiger partial charge < -0.3 is 9.47 Å². The molecule has 2 aliphatic rings. The summed E-state index contributed by atoms with van der Waals surface area (Å²) < 4.78 is 40.8. The van der Waals surface area contributed by atoms with Crippen molar-refractivity contribution in [2.75, 3.05) is 20.3 Å². The van der Waals surface area contributed by atoms with Crippen molar-refractivity contribution < 1.29 is 18.3 Å². The van der Waals surface area contributed by atoms with E-state index in [1.807, 2.05) is 30.3 Å². The minimum Gasteiger partial charge on any atom is -0.381 e. The number of aromatic nitrogens is 5. The first-order valence-electron chi connectivity index (χ1n) is 10.4. The van der Waals surface area contributed by atoms with E-state index in [2.05, 4.69) is 20.6 Å². The van der Waals surface area contributed by atoms with E-state index in [1.165, 1.54) is 0 Å². The predicted octanol–water partition coefficient (Wildman–Crippen LogP) is 3.70. The Morgan fingerprint density at radius 2 is 2.00 bits per heavy atom. The largest absolute Gasteiger partial charge is 0.381 e. The van der Waals surface area contributed by atoms with E-state index >= 15 is 0 Å². The molecule has 1 aliphatic carbocycles. The molecular formula is C22H23F2N5O2. The van der Waals surface area contributed by atoms with Crippen LogP contribution in [-0.4, -0.2) is 51.9 Å². The molecule has 0 amide bonds. The van der Waals surface area contributed by atoms with Crippen LogP contribution in [0.5, 0.6) is 0 Å². The Bertz CT molecular complexity index is 1070. The van der Waals surface area contributed by atoms with Gasteiger partial charge in [0, 0.05) is 37.8 Å². The van der Waals surface area contributed by atoms with Crippen molar-refractivity contribution in [3.8, 4) is 22.5 Å². The number of alkyl halides is 2. The van der Waals surface area contributed by atoms with Gasteiger partial charge in [-0.25, -0.2) is 8.78 Å². The van der Waals surface area contributed by atoms with Crippen molar-refractivity contribution in [1.29, 1.82) is 0 Å². The van der Waals surface area contributed by atoms with Crippen LogP contribution in [-0.2, 0) is 27.9 Å². The second-order valence-corrected chi connectivity index (χ2v) is 8.15. The molecule has 3 heterocycles. The van der Waals surface area contributed by atoms with Crippen LogP contribution in [0.3, 0.4) is 0 Å². The number of methoxy groups -OCH3 is 1. The Morgan fingerprint density at radius 3 is 2.68 bits per heavy atom. The molecule has 1 unspecified atom stereocenters. The maximum Gasteiger partial charge on any atom is 0.252 e. The second kappa shape index (κ2) is 7.72. The predicted molar refractivity (Wildman–Crippen MR) is 109 cm³/mol. The average Bonchev–Trinajstić information content (AvgIpc) is 3.46. The van der Waals surface area contributed by atoms with E-state index in [9.17, 15) is 8.78 Å². The number of pyridine rings is 1. The number of ether oxygens (including phenoxy) is 2. The summed E-state index contributed by atoms with van der Waals surface area (Å²) in [4.78, 5) is 4.93. The van der Waals surface area contributed by atoms with Crippen LogP contribution >= 0.6 is 0 Å². The zero-order valence-electron chi connectivity index (χ0n) is 17.2. The number of halogens is 2. The Morgan fingerprint density at radius 1 is 1.16 bits per heavy atom. The number of rotatable bonds is 5. The first kappa shape index (κ1) is 20.1. The molecule has 162 valence electrons. The molecule has 1 atom stereocenters. The van der Waals surface area contributed by atoms with Gasteiger partial charge in [0.05, 0.1) is 17.9 Å². The van der Waals surface area contributed by atoms with Crippen molar-refractivity contribution in [2.45, 2.75) is 43.6 Å². The highest BCUT2D eigenvalue weighted by molar-refractivity contribution is 5.86. The van der Waals surface area contributed by atoms with E-state index < -0.39 is 11.5 Å². The fourth-order valence-corrected chi connectivity index (χ4v) is 4.76. The maximum absolute atomic E-state index is 14.5. The van der Waals surface area contributed by atoms with Gasteiger partial charge in [0.25, 0.3) is 5.92 Å². The Labute approximate surface area is 178 Å². The van der Waals surface area contributed by atoms with Crippen molar-refractivity contribution in [3.05, 3.63) is 47.3 Å². The van der Waals surface area contributed by atoms with Gasteiger partial charge in [-0.1, -0.05) is 30.3 Å². The standard InChI is InChI=1S/C22H23F2N5O2/c1-30-13-21(9-5-11-31-21)19-18(20-26-28-29-27-20)17(14-6-3-2-4-7-14)15-12-22(23,24)10-8-16(15)25-19/h2-4,6-7H,5,8-13H2,1H3,(H,26,27,28,29). The molecule has 1 fully saturated rings. The SMILES string of the molecule is COCC1(c2nc3c(c(-c4ccccc4)c2-c2nn[nH]n2)CC(F)(F)CC3)CCCO1. The van der Waals surface area contributed by atoms with Crippen molar-refractivity contribution in [1.82, 2.24) is 25.6 Å². The Hall–Kier alpha value is -2.78. The molecule has 1 N–H and O–H groups in total. The fraction of sp³-hybridized carbons (Fsp3) is 0.455.